The van der Waals surface area contributed by atoms with E-state index in [0.717, 1.165) is 0 Å². The second kappa shape index (κ2) is 10.5. The van der Waals surface area contributed by atoms with Crippen molar-refractivity contribution in [2.24, 2.45) is 0 Å². The molecule has 1 aromatic rings. The number of rotatable bonds is 12. The molecule has 3 nitrogen and oxygen atoms in total. The Labute approximate surface area is 135 Å². The molecule has 21 heavy (non-hydrogen) atoms. The van der Waals surface area contributed by atoms with E-state index in [4.69, 9.17) is 4.84 Å². The van der Waals surface area contributed by atoms with Crippen LogP contribution in [-0.4, -0.2) is 34.9 Å². The van der Waals surface area contributed by atoms with Gasteiger partial charge in [0.05, 0.1) is 0 Å². The monoisotopic (exact) mass is 402 g/mol. The molecule has 1 rings (SSSR count). The van der Waals surface area contributed by atoms with Crippen molar-refractivity contribution >= 4 is 22.1 Å². The average Bonchev–Trinajstić information content (AvgIpc) is 2.96. The van der Waals surface area contributed by atoms with E-state index in [1.807, 2.05) is 18.0 Å². The summed E-state index contributed by atoms with van der Waals surface area (Å²) in [5, 5.41) is 4.44. The summed E-state index contributed by atoms with van der Waals surface area (Å²) in [6, 6.07) is 2.27. The van der Waals surface area contributed by atoms with Crippen molar-refractivity contribution in [3.8, 4) is 0 Å². The van der Waals surface area contributed by atoms with Crippen LogP contribution in [0.3, 0.4) is 0 Å². The Morgan fingerprint density at radius 2 is 1.48 bits per heavy atom. The molecule has 0 radical (unpaired) electrons. The summed E-state index contributed by atoms with van der Waals surface area (Å²) in [5.41, 5.74) is 0. The van der Waals surface area contributed by atoms with Gasteiger partial charge in [0.2, 0.25) is 0 Å². The molecule has 0 spiro atoms. The third-order valence-electron chi connectivity index (χ3n) is 4.43. The molecule has 0 N–H and O–H groups in total. The van der Waals surface area contributed by atoms with Gasteiger partial charge in [0.15, 0.2) is 0 Å². The molecule has 0 unspecified atom stereocenters. The van der Waals surface area contributed by atoms with Gasteiger partial charge < -0.3 is 0 Å². The zero-order chi connectivity index (χ0) is 15.6. The number of hydrogen-bond acceptors (Lipinski definition) is 2. The summed E-state index contributed by atoms with van der Waals surface area (Å²) in [7, 11) is 0. The van der Waals surface area contributed by atoms with E-state index in [-0.39, 0.29) is 0 Å². The zero-order valence-corrected chi connectivity index (χ0v) is 17.4. The Hall–Kier alpha value is -0.191. The van der Waals surface area contributed by atoms with Crippen LogP contribution in [0.4, 0.5) is 0 Å². The summed E-state index contributed by atoms with van der Waals surface area (Å²) in [6.45, 7) is 9.70. The predicted molar refractivity (Wildman–Crippen MR) is 93.9 cm³/mol. The van der Waals surface area contributed by atoms with Crippen molar-refractivity contribution in [2.45, 2.75) is 79.5 Å². The topological polar surface area (TPSA) is 27.1 Å². The Kier molecular flexibility index (Phi) is 9.45. The van der Waals surface area contributed by atoms with Crippen molar-refractivity contribution in [2.75, 3.05) is 6.61 Å². The fourth-order valence-corrected chi connectivity index (χ4v) is 19.1. The second-order valence-corrected chi connectivity index (χ2v) is 19.1. The van der Waals surface area contributed by atoms with Crippen LogP contribution in [0.15, 0.2) is 12.3 Å². The van der Waals surface area contributed by atoms with Gasteiger partial charge in [0, 0.05) is 0 Å². The van der Waals surface area contributed by atoms with Gasteiger partial charge in [-0.25, -0.2) is 0 Å². The Morgan fingerprint density at radius 1 is 0.952 bits per heavy atom. The van der Waals surface area contributed by atoms with E-state index >= 15 is 0 Å². The van der Waals surface area contributed by atoms with Crippen molar-refractivity contribution in [1.29, 1.82) is 0 Å². The van der Waals surface area contributed by atoms with Crippen LogP contribution in [0.2, 0.25) is 13.3 Å². The molecule has 1 aromatic heterocycles. The standard InChI is InChI=1S/C5H7N2O.3C4H9.Sn/c1-2-8-7-5-3-4-6-7;3*1-3-4-2;/h3-4H,2H2,1H3;3*1,3-4H2,2H3;. The summed E-state index contributed by atoms with van der Waals surface area (Å²) in [5.74, 6) is 0. The third-order valence-corrected chi connectivity index (χ3v) is 19.8. The molecule has 122 valence electrons. The Bertz CT molecular complexity index is 357. The van der Waals surface area contributed by atoms with Gasteiger partial charge in [-0.3, -0.25) is 0 Å². The predicted octanol–water partition coefficient (Wildman–Crippen LogP) is 4.39. The van der Waals surface area contributed by atoms with E-state index < -0.39 is 18.4 Å². The zero-order valence-electron chi connectivity index (χ0n) is 14.5. The van der Waals surface area contributed by atoms with Gasteiger partial charge in [-0.2, -0.15) is 0 Å². The van der Waals surface area contributed by atoms with Crippen LogP contribution < -0.4 is 8.55 Å². The minimum absolute atomic E-state index is 0.700. The molecule has 0 aliphatic carbocycles. The molecule has 0 atom stereocenters. The molecule has 0 aromatic carbocycles. The fourth-order valence-electron chi connectivity index (χ4n) is 3.20. The van der Waals surface area contributed by atoms with Gasteiger partial charge in [-0.05, 0) is 0 Å². The molecule has 0 fully saturated rings. The molecule has 0 saturated heterocycles. The second-order valence-electron chi connectivity index (χ2n) is 6.10. The first-order valence-corrected chi connectivity index (χ1v) is 16.4. The maximum absolute atomic E-state index is 5.78. The maximum atomic E-state index is 5.78. The van der Waals surface area contributed by atoms with E-state index in [2.05, 4.69) is 31.9 Å². The SMILES string of the molecule is CCC[CH2][Sn]([CH2]CCC)([CH2]CCC)[c]1ccnn1OCC. The van der Waals surface area contributed by atoms with Crippen molar-refractivity contribution in [1.82, 2.24) is 9.94 Å². The van der Waals surface area contributed by atoms with Crippen molar-refractivity contribution in [3.05, 3.63) is 12.3 Å². The molecule has 0 aliphatic heterocycles. The number of hydrogen-bond donors (Lipinski definition) is 0. The number of aromatic nitrogens is 2. The Morgan fingerprint density at radius 3 is 1.90 bits per heavy atom. The first-order chi connectivity index (χ1) is 10.2. The van der Waals surface area contributed by atoms with Crippen LogP contribution in [0.25, 0.3) is 0 Å². The van der Waals surface area contributed by atoms with Gasteiger partial charge in [0.25, 0.3) is 0 Å². The Balaban J connectivity index is 3.06. The van der Waals surface area contributed by atoms with Gasteiger partial charge in [-0.15, -0.1) is 0 Å². The van der Waals surface area contributed by atoms with Crippen molar-refractivity contribution in [3.63, 3.8) is 0 Å². The van der Waals surface area contributed by atoms with Crippen LogP contribution >= 0.6 is 0 Å². The van der Waals surface area contributed by atoms with E-state index in [1.165, 1.54) is 55.5 Å². The van der Waals surface area contributed by atoms with Crippen LogP contribution in [0.1, 0.15) is 66.2 Å². The average molecular weight is 401 g/mol. The van der Waals surface area contributed by atoms with Crippen molar-refractivity contribution < 1.29 is 4.84 Å². The van der Waals surface area contributed by atoms with E-state index in [1.54, 1.807) is 0 Å². The van der Waals surface area contributed by atoms with E-state index in [0.29, 0.717) is 6.61 Å². The molecule has 1 heterocycles. The quantitative estimate of drug-likeness (QED) is 0.486. The third kappa shape index (κ3) is 5.50. The first kappa shape index (κ1) is 18.9. The summed E-state index contributed by atoms with van der Waals surface area (Å²) >= 11 is -2.38. The molecular weight excluding hydrogens is 367 g/mol. The summed E-state index contributed by atoms with van der Waals surface area (Å²) in [6.07, 6.45) is 9.99. The van der Waals surface area contributed by atoms with Crippen LogP contribution in [-0.2, 0) is 0 Å². The number of unbranched alkanes of at least 4 members (excludes halogenated alkanes) is 3. The van der Waals surface area contributed by atoms with Crippen LogP contribution in [0, 0.1) is 0 Å². The molecule has 0 aliphatic rings. The van der Waals surface area contributed by atoms with Gasteiger partial charge in [-0.1, -0.05) is 0 Å². The summed E-state index contributed by atoms with van der Waals surface area (Å²) < 4.78 is 5.89. The molecule has 4 heteroatoms. The molecule has 0 saturated carbocycles. The minimum atomic E-state index is -2.38. The van der Waals surface area contributed by atoms with Crippen LogP contribution in [0.5, 0.6) is 0 Å². The van der Waals surface area contributed by atoms with Gasteiger partial charge >= 0.3 is 135 Å². The summed E-state index contributed by atoms with van der Waals surface area (Å²) in [4.78, 5) is 7.67. The first-order valence-electron chi connectivity index (χ1n) is 8.91. The fraction of sp³-hybridized carbons (Fsp3) is 0.824. The van der Waals surface area contributed by atoms with E-state index in [9.17, 15) is 0 Å². The molecule has 0 amide bonds. The molecular formula is C17H34N2OSn. The normalized spacial score (nSPS) is 11.8. The number of nitrogens with zero attached hydrogens (tertiary/aromatic N) is 2. The molecule has 0 bridgehead atoms. The van der Waals surface area contributed by atoms with Gasteiger partial charge in [0.1, 0.15) is 0 Å².